The molecule has 4 heteroatoms. The van der Waals surface area contributed by atoms with E-state index >= 15 is 0 Å². The predicted molar refractivity (Wildman–Crippen MR) is 84.8 cm³/mol. The molecule has 0 unspecified atom stereocenters. The number of thiazole rings is 1. The summed E-state index contributed by atoms with van der Waals surface area (Å²) in [4.78, 5) is 4.49. The second-order valence-electron chi connectivity index (χ2n) is 5.01. The molecule has 3 nitrogen and oxygen atoms in total. The molecule has 3 aromatic rings. The molecule has 0 saturated carbocycles. The Balaban J connectivity index is 2.01. The van der Waals surface area contributed by atoms with Crippen LogP contribution in [0.1, 0.15) is 16.7 Å². The number of nitrogen functional groups attached to an aromatic ring is 1. The van der Waals surface area contributed by atoms with Gasteiger partial charge in [-0.3, -0.25) is 0 Å². The minimum atomic E-state index is 0.652. The summed E-state index contributed by atoms with van der Waals surface area (Å²) in [5, 5.41) is 0.652. The smallest absolute Gasteiger partial charge is 0.279 e. The monoisotopic (exact) mass is 284 g/mol. The number of anilines is 1. The second kappa shape index (κ2) is 4.80. The van der Waals surface area contributed by atoms with Crippen LogP contribution in [-0.2, 0) is 0 Å². The lowest BCUT2D eigenvalue weighted by Gasteiger charge is -2.09. The van der Waals surface area contributed by atoms with E-state index < -0.39 is 0 Å². The quantitative estimate of drug-likeness (QED) is 0.700. The number of fused-ring (bicyclic) bond motifs is 1. The summed E-state index contributed by atoms with van der Waals surface area (Å²) in [5.74, 6) is 0.870. The molecule has 0 bridgehead atoms. The van der Waals surface area contributed by atoms with Crippen molar-refractivity contribution in [2.24, 2.45) is 0 Å². The first-order valence-electron chi connectivity index (χ1n) is 6.45. The van der Waals surface area contributed by atoms with Gasteiger partial charge in [-0.25, -0.2) is 4.98 Å². The first-order valence-corrected chi connectivity index (χ1v) is 7.26. The highest BCUT2D eigenvalue weighted by Gasteiger charge is 2.09. The zero-order chi connectivity index (χ0) is 14.3. The van der Waals surface area contributed by atoms with Gasteiger partial charge >= 0.3 is 0 Å². The largest absolute Gasteiger partial charge is 0.431 e. The molecular weight excluding hydrogens is 268 g/mol. The van der Waals surface area contributed by atoms with Gasteiger partial charge in [0.25, 0.3) is 5.19 Å². The fourth-order valence-corrected chi connectivity index (χ4v) is 3.04. The SMILES string of the molecule is Cc1cc(C)c(C)c(Oc2nc3ccc(N)cc3s2)c1. The highest BCUT2D eigenvalue weighted by atomic mass is 32.1. The molecule has 3 rings (SSSR count). The van der Waals surface area contributed by atoms with Crippen molar-refractivity contribution < 1.29 is 4.74 Å². The first-order chi connectivity index (χ1) is 9.52. The van der Waals surface area contributed by atoms with E-state index in [0.29, 0.717) is 5.19 Å². The molecular formula is C16H16N2OS. The van der Waals surface area contributed by atoms with E-state index in [1.54, 1.807) is 0 Å². The van der Waals surface area contributed by atoms with Crippen molar-refractivity contribution in [1.29, 1.82) is 0 Å². The van der Waals surface area contributed by atoms with Crippen LogP contribution in [0.5, 0.6) is 10.9 Å². The van der Waals surface area contributed by atoms with Gasteiger partial charge in [0.15, 0.2) is 0 Å². The molecule has 102 valence electrons. The Kier molecular flexibility index (Phi) is 3.10. The van der Waals surface area contributed by atoms with Crippen LogP contribution in [0.2, 0.25) is 0 Å². The van der Waals surface area contributed by atoms with Crippen LogP contribution in [0.4, 0.5) is 5.69 Å². The topological polar surface area (TPSA) is 48.1 Å². The Labute approximate surface area is 122 Å². The number of hydrogen-bond acceptors (Lipinski definition) is 4. The fourth-order valence-electron chi connectivity index (χ4n) is 2.16. The molecule has 2 aromatic carbocycles. The van der Waals surface area contributed by atoms with Gasteiger partial charge in [0.1, 0.15) is 5.75 Å². The van der Waals surface area contributed by atoms with Crippen molar-refractivity contribution in [3.8, 4) is 10.9 Å². The second-order valence-corrected chi connectivity index (χ2v) is 6.01. The highest BCUT2D eigenvalue weighted by molar-refractivity contribution is 7.20. The lowest BCUT2D eigenvalue weighted by Crippen LogP contribution is -1.91. The number of aromatic nitrogens is 1. The van der Waals surface area contributed by atoms with Crippen molar-refractivity contribution in [2.75, 3.05) is 5.73 Å². The summed E-state index contributed by atoms with van der Waals surface area (Å²) in [7, 11) is 0. The first kappa shape index (κ1) is 12.9. The Morgan fingerprint density at radius 1 is 1.10 bits per heavy atom. The van der Waals surface area contributed by atoms with E-state index in [-0.39, 0.29) is 0 Å². The van der Waals surface area contributed by atoms with Gasteiger partial charge in [-0.1, -0.05) is 17.4 Å². The zero-order valence-corrected chi connectivity index (χ0v) is 12.5. The molecule has 0 radical (unpaired) electrons. The summed E-state index contributed by atoms with van der Waals surface area (Å²) < 4.78 is 7.01. The van der Waals surface area contributed by atoms with Crippen molar-refractivity contribution in [3.05, 3.63) is 47.0 Å². The van der Waals surface area contributed by atoms with Crippen molar-refractivity contribution in [2.45, 2.75) is 20.8 Å². The number of benzene rings is 2. The van der Waals surface area contributed by atoms with Crippen LogP contribution in [0.3, 0.4) is 0 Å². The minimum Gasteiger partial charge on any atom is -0.431 e. The Morgan fingerprint density at radius 2 is 1.90 bits per heavy atom. The van der Waals surface area contributed by atoms with Gasteiger partial charge in [-0.05, 0) is 61.7 Å². The Morgan fingerprint density at radius 3 is 2.70 bits per heavy atom. The van der Waals surface area contributed by atoms with E-state index in [0.717, 1.165) is 27.2 Å². The number of rotatable bonds is 2. The number of aryl methyl sites for hydroxylation is 2. The molecule has 0 amide bonds. The molecule has 0 aliphatic carbocycles. The number of ether oxygens (including phenoxy) is 1. The third-order valence-corrected chi connectivity index (χ3v) is 4.25. The molecule has 1 heterocycles. The molecule has 0 atom stereocenters. The average molecular weight is 284 g/mol. The summed E-state index contributed by atoms with van der Waals surface area (Å²) >= 11 is 1.51. The lowest BCUT2D eigenvalue weighted by molar-refractivity contribution is 0.475. The van der Waals surface area contributed by atoms with Crippen molar-refractivity contribution in [1.82, 2.24) is 4.98 Å². The summed E-state index contributed by atoms with van der Waals surface area (Å²) in [6.45, 7) is 6.22. The zero-order valence-electron chi connectivity index (χ0n) is 11.7. The maximum atomic E-state index is 5.96. The molecule has 2 N–H and O–H groups in total. The van der Waals surface area contributed by atoms with Crippen molar-refractivity contribution in [3.63, 3.8) is 0 Å². The third-order valence-electron chi connectivity index (χ3n) is 3.35. The highest BCUT2D eigenvalue weighted by Crippen LogP contribution is 2.34. The predicted octanol–water partition coefficient (Wildman–Crippen LogP) is 4.60. The molecule has 0 aliphatic rings. The summed E-state index contributed by atoms with van der Waals surface area (Å²) in [6, 6.07) is 9.90. The summed E-state index contributed by atoms with van der Waals surface area (Å²) in [6.07, 6.45) is 0. The third kappa shape index (κ3) is 2.34. The Hall–Kier alpha value is -2.07. The fraction of sp³-hybridized carbons (Fsp3) is 0.188. The van der Waals surface area contributed by atoms with Gasteiger partial charge in [0.05, 0.1) is 10.2 Å². The molecule has 0 fully saturated rings. The van der Waals surface area contributed by atoms with E-state index in [4.69, 9.17) is 10.5 Å². The minimum absolute atomic E-state index is 0.652. The van der Waals surface area contributed by atoms with E-state index in [1.165, 1.54) is 22.5 Å². The number of nitrogens with zero attached hydrogens (tertiary/aromatic N) is 1. The van der Waals surface area contributed by atoms with Gasteiger partial charge in [-0.15, -0.1) is 0 Å². The molecule has 0 saturated heterocycles. The maximum Gasteiger partial charge on any atom is 0.279 e. The summed E-state index contributed by atoms with van der Waals surface area (Å²) in [5.41, 5.74) is 11.0. The molecule has 1 aromatic heterocycles. The van der Waals surface area contributed by atoms with Crippen molar-refractivity contribution >= 4 is 27.2 Å². The van der Waals surface area contributed by atoms with Gasteiger partial charge in [0, 0.05) is 5.69 Å². The molecule has 0 spiro atoms. The van der Waals surface area contributed by atoms with Crippen LogP contribution in [0.25, 0.3) is 10.2 Å². The maximum absolute atomic E-state index is 5.96. The van der Waals surface area contributed by atoms with E-state index in [9.17, 15) is 0 Å². The van der Waals surface area contributed by atoms with Crippen LogP contribution in [-0.4, -0.2) is 4.98 Å². The van der Waals surface area contributed by atoms with Crippen LogP contribution < -0.4 is 10.5 Å². The molecule has 20 heavy (non-hydrogen) atoms. The van der Waals surface area contributed by atoms with E-state index in [2.05, 4.69) is 31.8 Å². The average Bonchev–Trinajstić information content (AvgIpc) is 2.76. The van der Waals surface area contributed by atoms with Gasteiger partial charge in [-0.2, -0.15) is 0 Å². The van der Waals surface area contributed by atoms with Crippen LogP contribution in [0, 0.1) is 20.8 Å². The van der Waals surface area contributed by atoms with Gasteiger partial charge < -0.3 is 10.5 Å². The normalized spacial score (nSPS) is 10.9. The number of hydrogen-bond donors (Lipinski definition) is 1. The van der Waals surface area contributed by atoms with Crippen LogP contribution in [0.15, 0.2) is 30.3 Å². The standard InChI is InChI=1S/C16H16N2OS/c1-9-6-10(2)11(3)14(7-9)19-16-18-13-5-4-12(17)8-15(13)20-16/h4-8H,17H2,1-3H3. The van der Waals surface area contributed by atoms with Crippen LogP contribution >= 0.6 is 11.3 Å². The number of nitrogens with two attached hydrogens (primary N) is 1. The lowest BCUT2D eigenvalue weighted by atomic mass is 10.1. The molecule has 0 aliphatic heterocycles. The van der Waals surface area contributed by atoms with E-state index in [1.807, 2.05) is 24.3 Å². The van der Waals surface area contributed by atoms with Gasteiger partial charge in [0.2, 0.25) is 0 Å². The Bertz CT molecular complexity index is 793.